The molecule has 34 heavy (non-hydrogen) atoms. The second kappa shape index (κ2) is 11.6. The Balaban J connectivity index is 1.48. The maximum atomic E-state index is 13.1. The van der Waals surface area contributed by atoms with Crippen LogP contribution in [0.4, 0.5) is 0 Å². The monoisotopic (exact) mass is 461 g/mol. The smallest absolute Gasteiger partial charge is 0.220 e. The highest BCUT2D eigenvalue weighted by atomic mass is 16.5. The van der Waals surface area contributed by atoms with Gasteiger partial charge in [-0.1, -0.05) is 43.7 Å². The average molecular weight is 462 g/mol. The summed E-state index contributed by atoms with van der Waals surface area (Å²) in [5.74, 6) is 0.867. The van der Waals surface area contributed by atoms with E-state index in [1.54, 1.807) is 7.11 Å². The molecular weight excluding hydrogens is 422 g/mol. The molecular formula is C29H39N3O2. The number of para-hydroxylation sites is 1. The molecule has 3 aromatic rings. The number of amides is 1. The van der Waals surface area contributed by atoms with Crippen molar-refractivity contribution >= 4 is 16.8 Å². The van der Waals surface area contributed by atoms with Gasteiger partial charge in [0.25, 0.3) is 0 Å². The molecule has 2 heterocycles. The molecule has 1 aromatic heterocycles. The highest BCUT2D eigenvalue weighted by Gasteiger charge is 2.23. The standard InChI is InChI=1S/C29H39N3O2/c1-4-22-11-8-14-25-27(20-31-29(22)25)26(23-12-7-13-24(18-23)34-3)19-28(33)30-15-9-17-32-16-6-5-10-21(32)2/h7-8,11-14,18,20-21,26,31H,4-6,9-10,15-17,19H2,1-3H3,(H,30,33)/t21-,26-/m0/s1. The molecule has 0 saturated carbocycles. The van der Waals surface area contributed by atoms with Crippen LogP contribution in [0.1, 0.15) is 68.6 Å². The van der Waals surface area contributed by atoms with Gasteiger partial charge in [0.15, 0.2) is 0 Å². The third-order valence-corrected chi connectivity index (χ3v) is 7.36. The number of nitrogens with one attached hydrogen (secondary N) is 2. The molecule has 0 spiro atoms. The van der Waals surface area contributed by atoms with Gasteiger partial charge in [-0.15, -0.1) is 0 Å². The van der Waals surface area contributed by atoms with Crippen molar-refractivity contribution in [3.05, 3.63) is 65.4 Å². The van der Waals surface area contributed by atoms with Crippen LogP contribution in [0.15, 0.2) is 48.7 Å². The lowest BCUT2D eigenvalue weighted by molar-refractivity contribution is -0.121. The Morgan fingerprint density at radius 3 is 2.88 bits per heavy atom. The molecule has 2 atom stereocenters. The van der Waals surface area contributed by atoms with Crippen LogP contribution in [0.5, 0.6) is 5.75 Å². The summed E-state index contributed by atoms with van der Waals surface area (Å²) >= 11 is 0. The third-order valence-electron chi connectivity index (χ3n) is 7.36. The number of carbonyl (C=O) groups excluding carboxylic acids is 1. The number of fused-ring (bicyclic) bond motifs is 1. The molecule has 1 saturated heterocycles. The zero-order valence-electron chi connectivity index (χ0n) is 20.9. The number of benzene rings is 2. The lowest BCUT2D eigenvalue weighted by Gasteiger charge is -2.33. The number of aromatic nitrogens is 1. The van der Waals surface area contributed by atoms with Gasteiger partial charge in [0.05, 0.1) is 7.11 Å². The summed E-state index contributed by atoms with van der Waals surface area (Å²) in [5.41, 5.74) is 4.73. The first kappa shape index (κ1) is 24.3. The summed E-state index contributed by atoms with van der Waals surface area (Å²) in [6, 6.07) is 15.2. The number of piperidine rings is 1. The molecule has 182 valence electrons. The van der Waals surface area contributed by atoms with Crippen LogP contribution in [0.2, 0.25) is 0 Å². The molecule has 0 aliphatic carbocycles. The highest BCUT2D eigenvalue weighted by molar-refractivity contribution is 5.88. The van der Waals surface area contributed by atoms with Gasteiger partial charge in [-0.2, -0.15) is 0 Å². The van der Waals surface area contributed by atoms with Crippen LogP contribution < -0.4 is 10.1 Å². The molecule has 1 fully saturated rings. The van der Waals surface area contributed by atoms with Gasteiger partial charge in [0, 0.05) is 48.6 Å². The number of likely N-dealkylation sites (tertiary alicyclic amines) is 1. The van der Waals surface area contributed by atoms with E-state index in [0.717, 1.165) is 42.8 Å². The van der Waals surface area contributed by atoms with Gasteiger partial charge in [-0.25, -0.2) is 0 Å². The lowest BCUT2D eigenvalue weighted by atomic mass is 9.87. The molecule has 0 radical (unpaired) electrons. The van der Waals surface area contributed by atoms with Crippen molar-refractivity contribution in [3.63, 3.8) is 0 Å². The molecule has 4 rings (SSSR count). The second-order valence-corrected chi connectivity index (χ2v) is 9.55. The fourth-order valence-corrected chi connectivity index (χ4v) is 5.34. The number of rotatable bonds is 10. The van der Waals surface area contributed by atoms with Crippen molar-refractivity contribution in [3.8, 4) is 5.75 Å². The van der Waals surface area contributed by atoms with Crippen molar-refractivity contribution in [1.29, 1.82) is 0 Å². The van der Waals surface area contributed by atoms with Crippen molar-refractivity contribution in [2.75, 3.05) is 26.7 Å². The van der Waals surface area contributed by atoms with Crippen LogP contribution in [-0.4, -0.2) is 48.6 Å². The molecule has 0 unspecified atom stereocenters. The van der Waals surface area contributed by atoms with Crippen molar-refractivity contribution in [2.24, 2.45) is 0 Å². The largest absolute Gasteiger partial charge is 0.497 e. The maximum absolute atomic E-state index is 13.1. The van der Waals surface area contributed by atoms with Gasteiger partial charge in [-0.3, -0.25) is 4.79 Å². The number of H-pyrrole nitrogens is 1. The Morgan fingerprint density at radius 2 is 2.09 bits per heavy atom. The first-order valence-corrected chi connectivity index (χ1v) is 12.8. The Labute approximate surface area is 203 Å². The van der Waals surface area contributed by atoms with Crippen molar-refractivity contribution in [1.82, 2.24) is 15.2 Å². The number of hydrogen-bond acceptors (Lipinski definition) is 3. The van der Waals surface area contributed by atoms with Crippen molar-refractivity contribution < 1.29 is 9.53 Å². The van der Waals surface area contributed by atoms with Gasteiger partial charge in [-0.05, 0) is 68.0 Å². The number of aryl methyl sites for hydroxylation is 1. The fraction of sp³-hybridized carbons (Fsp3) is 0.483. The topological polar surface area (TPSA) is 57.4 Å². The zero-order chi connectivity index (χ0) is 23.9. The quantitative estimate of drug-likeness (QED) is 0.384. The van der Waals surface area contributed by atoms with Gasteiger partial charge >= 0.3 is 0 Å². The fourth-order valence-electron chi connectivity index (χ4n) is 5.34. The molecule has 1 aliphatic rings. The summed E-state index contributed by atoms with van der Waals surface area (Å²) in [6.07, 6.45) is 8.38. The molecule has 5 nitrogen and oxygen atoms in total. The number of hydrogen-bond donors (Lipinski definition) is 2. The van der Waals surface area contributed by atoms with Gasteiger partial charge < -0.3 is 19.9 Å². The minimum absolute atomic E-state index is 0.0435. The Bertz CT molecular complexity index is 1090. The van der Waals surface area contributed by atoms with E-state index in [2.05, 4.69) is 65.6 Å². The number of nitrogens with zero attached hydrogens (tertiary/aromatic N) is 1. The van der Waals surface area contributed by atoms with Gasteiger partial charge in [0.2, 0.25) is 5.91 Å². The summed E-state index contributed by atoms with van der Waals surface area (Å²) in [4.78, 5) is 19.1. The molecule has 1 aliphatic heterocycles. The van der Waals surface area contributed by atoms with E-state index in [0.29, 0.717) is 12.5 Å². The second-order valence-electron chi connectivity index (χ2n) is 9.55. The van der Waals surface area contributed by atoms with E-state index in [1.807, 2.05) is 12.1 Å². The Morgan fingerprint density at radius 1 is 1.24 bits per heavy atom. The van der Waals surface area contributed by atoms with E-state index in [9.17, 15) is 4.79 Å². The highest BCUT2D eigenvalue weighted by Crippen LogP contribution is 2.35. The van der Waals surface area contributed by atoms with Gasteiger partial charge in [0.1, 0.15) is 5.75 Å². The van der Waals surface area contributed by atoms with E-state index < -0.39 is 0 Å². The Hall–Kier alpha value is -2.79. The van der Waals surface area contributed by atoms with Crippen LogP contribution in [0.25, 0.3) is 10.9 Å². The summed E-state index contributed by atoms with van der Waals surface area (Å²) in [5, 5.41) is 4.38. The predicted octanol–water partition coefficient (Wildman–Crippen LogP) is 5.64. The summed E-state index contributed by atoms with van der Waals surface area (Å²) in [7, 11) is 1.68. The molecule has 5 heteroatoms. The molecule has 2 N–H and O–H groups in total. The van der Waals surface area contributed by atoms with Crippen LogP contribution in [0, 0.1) is 0 Å². The zero-order valence-corrected chi connectivity index (χ0v) is 20.9. The average Bonchev–Trinajstić information content (AvgIpc) is 3.30. The number of carbonyl (C=O) groups is 1. The van der Waals surface area contributed by atoms with E-state index >= 15 is 0 Å². The molecule has 2 aromatic carbocycles. The Kier molecular flexibility index (Phi) is 8.28. The normalized spacial score (nSPS) is 17.6. The first-order chi connectivity index (χ1) is 16.6. The summed E-state index contributed by atoms with van der Waals surface area (Å²) < 4.78 is 5.48. The minimum Gasteiger partial charge on any atom is -0.497 e. The maximum Gasteiger partial charge on any atom is 0.220 e. The number of ether oxygens (including phenoxy) is 1. The van der Waals surface area contributed by atoms with E-state index in [1.165, 1.54) is 42.3 Å². The van der Waals surface area contributed by atoms with Crippen LogP contribution >= 0.6 is 0 Å². The van der Waals surface area contributed by atoms with Crippen LogP contribution in [-0.2, 0) is 11.2 Å². The van der Waals surface area contributed by atoms with Crippen LogP contribution in [0.3, 0.4) is 0 Å². The first-order valence-electron chi connectivity index (χ1n) is 12.8. The minimum atomic E-state index is -0.0435. The summed E-state index contributed by atoms with van der Waals surface area (Å²) in [6.45, 7) is 7.46. The molecule has 1 amide bonds. The molecule has 0 bridgehead atoms. The number of methoxy groups -OCH3 is 1. The van der Waals surface area contributed by atoms with E-state index in [-0.39, 0.29) is 11.8 Å². The van der Waals surface area contributed by atoms with E-state index in [4.69, 9.17) is 4.74 Å². The third kappa shape index (κ3) is 5.64. The number of aromatic amines is 1. The predicted molar refractivity (Wildman–Crippen MR) is 140 cm³/mol. The lowest BCUT2D eigenvalue weighted by Crippen LogP contribution is -2.39. The van der Waals surface area contributed by atoms with Crippen molar-refractivity contribution in [2.45, 2.75) is 64.3 Å². The SMILES string of the molecule is CCc1cccc2c([C@@H](CC(=O)NCCCN3CCCC[C@@H]3C)c3cccc(OC)c3)c[nH]c12.